The maximum atomic E-state index is 2.37. The topological polar surface area (TPSA) is 0 Å². The van der Waals surface area contributed by atoms with Crippen molar-refractivity contribution in [2.75, 3.05) is 26.2 Å². The van der Waals surface area contributed by atoms with Gasteiger partial charge in [0, 0.05) is 12.8 Å². The standard InChI is InChI=1S/C22H26N.BrH/c1-2-23-15-13-18(14-16-23)21(17-23)22(19-9-5-3-6-10-19)20-11-7-4-8-12-20;/h3-12,18H,2,13-17H2,1H3;1H/q+1;/p-1. The predicted octanol–water partition coefficient (Wildman–Crippen LogP) is 1.75. The number of quaternary nitrogens is 1. The Morgan fingerprint density at radius 1 is 0.875 bits per heavy atom. The van der Waals surface area contributed by atoms with E-state index >= 15 is 0 Å². The van der Waals surface area contributed by atoms with Crippen molar-refractivity contribution < 1.29 is 21.5 Å². The number of nitrogens with zero attached hydrogens (tertiary/aromatic N) is 1. The molecule has 0 amide bonds. The first kappa shape index (κ1) is 17.4. The minimum atomic E-state index is 0. The summed E-state index contributed by atoms with van der Waals surface area (Å²) in [5.41, 5.74) is 5.99. The van der Waals surface area contributed by atoms with Crippen LogP contribution in [-0.2, 0) is 0 Å². The predicted molar refractivity (Wildman–Crippen MR) is 97.0 cm³/mol. The van der Waals surface area contributed by atoms with Gasteiger partial charge in [-0.05, 0) is 35.1 Å². The summed E-state index contributed by atoms with van der Waals surface area (Å²) < 4.78 is 1.30. The minimum Gasteiger partial charge on any atom is -1.00 e. The Hall–Kier alpha value is -1.38. The molecule has 0 aromatic heterocycles. The fourth-order valence-electron chi connectivity index (χ4n) is 4.57. The summed E-state index contributed by atoms with van der Waals surface area (Å²) in [5, 5.41) is 0. The lowest BCUT2D eigenvalue weighted by Gasteiger charge is -2.50. The molecule has 3 heterocycles. The molecule has 0 aliphatic carbocycles. The summed E-state index contributed by atoms with van der Waals surface area (Å²) in [6, 6.07) is 22.0. The zero-order valence-corrected chi connectivity index (χ0v) is 16.0. The molecule has 2 bridgehead atoms. The summed E-state index contributed by atoms with van der Waals surface area (Å²) in [6.07, 6.45) is 2.73. The van der Waals surface area contributed by atoms with E-state index in [-0.39, 0.29) is 17.0 Å². The lowest BCUT2D eigenvalue weighted by atomic mass is 9.76. The lowest BCUT2D eigenvalue weighted by Crippen LogP contribution is -3.00. The summed E-state index contributed by atoms with van der Waals surface area (Å²) in [4.78, 5) is 0. The highest BCUT2D eigenvalue weighted by molar-refractivity contribution is 5.82. The van der Waals surface area contributed by atoms with Gasteiger partial charge in [-0.15, -0.1) is 0 Å². The van der Waals surface area contributed by atoms with E-state index in [1.54, 1.807) is 5.57 Å². The van der Waals surface area contributed by atoms with Crippen molar-refractivity contribution in [1.29, 1.82) is 0 Å². The van der Waals surface area contributed by atoms with Gasteiger partial charge in [-0.1, -0.05) is 60.7 Å². The molecule has 0 unspecified atom stereocenters. The van der Waals surface area contributed by atoms with Gasteiger partial charge in [0.15, 0.2) is 0 Å². The van der Waals surface area contributed by atoms with Crippen LogP contribution < -0.4 is 17.0 Å². The molecule has 24 heavy (non-hydrogen) atoms. The zero-order valence-electron chi connectivity index (χ0n) is 14.4. The van der Waals surface area contributed by atoms with E-state index in [2.05, 4.69) is 67.6 Å². The highest BCUT2D eigenvalue weighted by atomic mass is 79.9. The number of likely N-dealkylation sites (N-methyl/N-ethyl adjacent to an activating group) is 1. The SMILES string of the molecule is CC[N+]12CCC(CC1)C(=C(c1ccccc1)c1ccccc1)C2.[Br-]. The maximum Gasteiger partial charge on any atom is 0.102 e. The first-order valence-corrected chi connectivity index (χ1v) is 9.00. The summed E-state index contributed by atoms with van der Waals surface area (Å²) in [5.74, 6) is 0.789. The molecule has 3 saturated heterocycles. The van der Waals surface area contributed by atoms with Crippen LogP contribution in [0.2, 0.25) is 0 Å². The highest BCUT2D eigenvalue weighted by Crippen LogP contribution is 2.42. The Morgan fingerprint density at radius 2 is 1.38 bits per heavy atom. The number of hydrogen-bond donors (Lipinski definition) is 0. The van der Waals surface area contributed by atoms with Crippen molar-refractivity contribution in [1.82, 2.24) is 0 Å². The number of piperidine rings is 3. The second kappa shape index (κ2) is 7.25. The largest absolute Gasteiger partial charge is 1.00 e. The van der Waals surface area contributed by atoms with Crippen molar-refractivity contribution in [2.24, 2.45) is 5.92 Å². The molecule has 0 radical (unpaired) electrons. The highest BCUT2D eigenvalue weighted by Gasteiger charge is 2.42. The Morgan fingerprint density at radius 3 is 1.83 bits per heavy atom. The van der Waals surface area contributed by atoms with Gasteiger partial charge in [-0.2, -0.15) is 0 Å². The van der Waals surface area contributed by atoms with Crippen LogP contribution in [0, 0.1) is 5.92 Å². The molecule has 3 aliphatic rings. The number of benzene rings is 2. The van der Waals surface area contributed by atoms with E-state index in [9.17, 15) is 0 Å². The van der Waals surface area contributed by atoms with Gasteiger partial charge in [0.2, 0.25) is 0 Å². The molecular formula is C22H26BrN. The summed E-state index contributed by atoms with van der Waals surface area (Å²) in [7, 11) is 0. The van der Waals surface area contributed by atoms with Crippen molar-refractivity contribution in [2.45, 2.75) is 19.8 Å². The van der Waals surface area contributed by atoms with Crippen LogP contribution in [0.1, 0.15) is 30.9 Å². The van der Waals surface area contributed by atoms with Gasteiger partial charge < -0.3 is 21.5 Å². The Labute approximate surface area is 156 Å². The fourth-order valence-corrected chi connectivity index (χ4v) is 4.57. The number of hydrogen-bond acceptors (Lipinski definition) is 0. The van der Waals surface area contributed by atoms with Gasteiger partial charge >= 0.3 is 0 Å². The van der Waals surface area contributed by atoms with E-state index in [0.717, 1.165) is 5.92 Å². The Balaban J connectivity index is 0.00000169. The van der Waals surface area contributed by atoms with Gasteiger partial charge in [0.05, 0.1) is 19.6 Å². The van der Waals surface area contributed by atoms with Crippen LogP contribution in [0.4, 0.5) is 0 Å². The van der Waals surface area contributed by atoms with Crippen LogP contribution in [0.5, 0.6) is 0 Å². The summed E-state index contributed by atoms with van der Waals surface area (Å²) >= 11 is 0. The lowest BCUT2D eigenvalue weighted by molar-refractivity contribution is -0.934. The second-order valence-electron chi connectivity index (χ2n) is 7.17. The number of fused-ring (bicyclic) bond motifs is 3. The number of rotatable bonds is 3. The van der Waals surface area contributed by atoms with E-state index in [4.69, 9.17) is 0 Å². The average molecular weight is 384 g/mol. The molecule has 1 nitrogen and oxygen atoms in total. The van der Waals surface area contributed by atoms with Gasteiger partial charge in [-0.25, -0.2) is 0 Å². The molecule has 2 aromatic rings. The van der Waals surface area contributed by atoms with Crippen LogP contribution in [0.15, 0.2) is 66.2 Å². The zero-order chi connectivity index (χ0) is 15.7. The average Bonchev–Trinajstić information content (AvgIpc) is 2.65. The van der Waals surface area contributed by atoms with Crippen LogP contribution in [-0.4, -0.2) is 30.7 Å². The van der Waals surface area contributed by atoms with Crippen LogP contribution in [0.25, 0.3) is 5.57 Å². The third kappa shape index (κ3) is 3.10. The molecule has 126 valence electrons. The smallest absolute Gasteiger partial charge is 0.102 e. The normalized spacial score (nSPS) is 25.2. The molecule has 0 N–H and O–H groups in total. The third-order valence-electron chi connectivity index (χ3n) is 6.02. The Bertz CT molecular complexity index is 656. The van der Waals surface area contributed by atoms with E-state index in [1.807, 2.05) is 0 Å². The quantitative estimate of drug-likeness (QED) is 0.708. The Kier molecular flexibility index (Phi) is 5.27. The molecule has 5 rings (SSSR count). The molecule has 3 aliphatic heterocycles. The molecule has 0 atom stereocenters. The fraction of sp³-hybridized carbons (Fsp3) is 0.364. The van der Waals surface area contributed by atoms with Crippen molar-refractivity contribution in [3.05, 3.63) is 77.4 Å². The van der Waals surface area contributed by atoms with E-state index in [1.165, 1.54) is 60.2 Å². The van der Waals surface area contributed by atoms with Crippen molar-refractivity contribution in [3.63, 3.8) is 0 Å². The summed E-state index contributed by atoms with van der Waals surface area (Å²) in [6.45, 7) is 7.64. The second-order valence-corrected chi connectivity index (χ2v) is 7.17. The van der Waals surface area contributed by atoms with Crippen molar-refractivity contribution >= 4 is 5.57 Å². The van der Waals surface area contributed by atoms with Crippen molar-refractivity contribution in [3.8, 4) is 0 Å². The van der Waals surface area contributed by atoms with Crippen LogP contribution >= 0.6 is 0 Å². The molecule has 2 aromatic carbocycles. The maximum absolute atomic E-state index is 2.37. The van der Waals surface area contributed by atoms with E-state index in [0.29, 0.717) is 0 Å². The minimum absolute atomic E-state index is 0. The first-order valence-electron chi connectivity index (χ1n) is 9.00. The van der Waals surface area contributed by atoms with E-state index < -0.39 is 0 Å². The molecule has 0 spiro atoms. The number of halogens is 1. The molecule has 3 fully saturated rings. The first-order chi connectivity index (χ1) is 11.3. The van der Waals surface area contributed by atoms with Gasteiger partial charge in [-0.3, -0.25) is 0 Å². The van der Waals surface area contributed by atoms with Crippen LogP contribution in [0.3, 0.4) is 0 Å². The molecular weight excluding hydrogens is 358 g/mol. The monoisotopic (exact) mass is 383 g/mol. The van der Waals surface area contributed by atoms with Gasteiger partial charge in [0.1, 0.15) is 6.54 Å². The molecule has 0 saturated carbocycles. The molecule has 2 heteroatoms. The third-order valence-corrected chi connectivity index (χ3v) is 6.02. The van der Waals surface area contributed by atoms with Gasteiger partial charge in [0.25, 0.3) is 0 Å².